The lowest BCUT2D eigenvalue weighted by Gasteiger charge is -2.27. The largest absolute Gasteiger partial charge is 0.464 e. The number of hydrogen-bond donors (Lipinski definition) is 1. The van der Waals surface area contributed by atoms with Gasteiger partial charge in [-0.05, 0) is 25.5 Å². The second-order valence-electron chi connectivity index (χ2n) is 8.42. The van der Waals surface area contributed by atoms with Gasteiger partial charge in [-0.15, -0.1) is 0 Å². The highest BCUT2D eigenvalue weighted by Crippen LogP contribution is 2.44. The molecule has 1 aliphatic heterocycles. The molecular weight excluding hydrogens is 430 g/mol. The Balaban J connectivity index is 1.54. The summed E-state index contributed by atoms with van der Waals surface area (Å²) in [6.07, 6.45) is 8.21. The average Bonchev–Trinajstić information content (AvgIpc) is 3.30. The number of benzene rings is 2. The van der Waals surface area contributed by atoms with Gasteiger partial charge in [-0.1, -0.05) is 69.0 Å². The van der Waals surface area contributed by atoms with E-state index in [0.717, 1.165) is 36.8 Å². The molecule has 3 aromatic rings. The Morgan fingerprint density at radius 1 is 1.03 bits per heavy atom. The van der Waals surface area contributed by atoms with Crippen LogP contribution in [-0.4, -0.2) is 28.0 Å². The minimum atomic E-state index is -0.527. The molecule has 1 amide bonds. The molecule has 2 aromatic carbocycles. The van der Waals surface area contributed by atoms with Crippen LogP contribution in [-0.2, 0) is 14.3 Å². The molecule has 7 nitrogen and oxygen atoms in total. The molecule has 1 atom stereocenters. The van der Waals surface area contributed by atoms with Crippen LogP contribution < -0.4 is 10.1 Å². The van der Waals surface area contributed by atoms with Gasteiger partial charge in [0.25, 0.3) is 0 Å². The Bertz CT molecular complexity index is 1090. The van der Waals surface area contributed by atoms with Crippen molar-refractivity contribution in [3.05, 3.63) is 72.2 Å². The van der Waals surface area contributed by atoms with E-state index >= 15 is 0 Å². The highest BCUT2D eigenvalue weighted by atomic mass is 16.5. The molecule has 0 bridgehead atoms. The number of amides is 1. The van der Waals surface area contributed by atoms with E-state index in [1.807, 2.05) is 48.5 Å². The van der Waals surface area contributed by atoms with Gasteiger partial charge >= 0.3 is 5.97 Å². The third kappa shape index (κ3) is 5.14. The molecule has 1 N–H and O–H groups in total. The van der Waals surface area contributed by atoms with Crippen LogP contribution in [0.2, 0.25) is 0 Å². The summed E-state index contributed by atoms with van der Waals surface area (Å²) in [6, 6.07) is 14.6. The average molecular weight is 462 g/mol. The van der Waals surface area contributed by atoms with Crippen molar-refractivity contribution in [2.75, 3.05) is 11.9 Å². The maximum absolute atomic E-state index is 13.4. The molecule has 0 spiro atoms. The van der Waals surface area contributed by atoms with Crippen molar-refractivity contribution in [3.63, 3.8) is 0 Å². The maximum atomic E-state index is 13.4. The first-order chi connectivity index (χ1) is 16.6. The summed E-state index contributed by atoms with van der Waals surface area (Å²) in [7, 11) is 0. The lowest BCUT2D eigenvalue weighted by molar-refractivity contribution is -0.147. The SMILES string of the molecule is CCCCCCC(C(=O)OCC)n1cnc(NC(=O)C2c3ccccc3Oc3ccccc32)c1. The number of unbranched alkanes of at least 4 members (excludes halogenated alkanes) is 3. The molecule has 1 aliphatic rings. The monoisotopic (exact) mass is 461 g/mol. The summed E-state index contributed by atoms with van der Waals surface area (Å²) in [6.45, 7) is 4.28. The summed E-state index contributed by atoms with van der Waals surface area (Å²) in [5.74, 6) is 0.726. The summed E-state index contributed by atoms with van der Waals surface area (Å²) in [5.41, 5.74) is 1.61. The number of nitrogens with one attached hydrogen (secondary N) is 1. The minimum absolute atomic E-state index is 0.205. The van der Waals surface area contributed by atoms with Crippen LogP contribution in [0.3, 0.4) is 0 Å². The highest BCUT2D eigenvalue weighted by molar-refractivity contribution is 5.99. The molecule has 0 aliphatic carbocycles. The van der Waals surface area contributed by atoms with E-state index in [2.05, 4.69) is 17.2 Å². The van der Waals surface area contributed by atoms with Gasteiger partial charge in [0, 0.05) is 17.3 Å². The number of ether oxygens (including phenoxy) is 2. The van der Waals surface area contributed by atoms with Crippen molar-refractivity contribution in [1.82, 2.24) is 9.55 Å². The Hall–Kier alpha value is -3.61. The zero-order valence-corrected chi connectivity index (χ0v) is 19.7. The second-order valence-corrected chi connectivity index (χ2v) is 8.42. The number of nitrogens with zero attached hydrogens (tertiary/aromatic N) is 2. The molecule has 178 valence electrons. The predicted molar refractivity (Wildman–Crippen MR) is 130 cm³/mol. The number of carbonyl (C=O) groups is 2. The molecule has 1 unspecified atom stereocenters. The van der Waals surface area contributed by atoms with Crippen LogP contribution in [0.5, 0.6) is 11.5 Å². The first kappa shape index (κ1) is 23.5. The predicted octanol–water partition coefficient (Wildman–Crippen LogP) is 5.83. The second kappa shape index (κ2) is 11.0. The molecule has 0 fully saturated rings. The fourth-order valence-corrected chi connectivity index (χ4v) is 4.35. The molecular formula is C27H31N3O4. The summed E-state index contributed by atoms with van der Waals surface area (Å²) >= 11 is 0. The van der Waals surface area contributed by atoms with E-state index in [1.165, 1.54) is 0 Å². The number of aromatic nitrogens is 2. The quantitative estimate of drug-likeness (QED) is 0.303. The third-order valence-corrected chi connectivity index (χ3v) is 6.04. The summed E-state index contributed by atoms with van der Waals surface area (Å²) in [5, 5.41) is 2.94. The number of hydrogen-bond acceptors (Lipinski definition) is 5. The first-order valence-corrected chi connectivity index (χ1v) is 12.0. The molecule has 4 rings (SSSR count). The lowest BCUT2D eigenvalue weighted by Crippen LogP contribution is -2.25. The zero-order chi connectivity index (χ0) is 23.9. The fraction of sp³-hybridized carbons (Fsp3) is 0.370. The normalized spacial score (nSPS) is 13.4. The Labute approximate surface area is 200 Å². The molecule has 0 radical (unpaired) electrons. The Morgan fingerprint density at radius 2 is 1.71 bits per heavy atom. The van der Waals surface area contributed by atoms with E-state index in [1.54, 1.807) is 24.0 Å². The number of fused-ring (bicyclic) bond motifs is 2. The van der Waals surface area contributed by atoms with E-state index in [-0.39, 0.29) is 11.9 Å². The van der Waals surface area contributed by atoms with E-state index < -0.39 is 12.0 Å². The smallest absolute Gasteiger partial charge is 0.329 e. The third-order valence-electron chi connectivity index (χ3n) is 6.04. The van der Waals surface area contributed by atoms with E-state index in [0.29, 0.717) is 30.3 Å². The van der Waals surface area contributed by atoms with Crippen molar-refractivity contribution >= 4 is 17.7 Å². The standard InChI is InChI=1S/C27H31N3O4/c1-3-5-6-7-14-21(27(32)33-4-2)30-17-24(28-18-30)29-26(31)25-19-12-8-10-15-22(19)34-23-16-11-9-13-20(23)25/h8-13,15-18,21,25H,3-7,14H2,1-2H3,(H,29,31). The van der Waals surface area contributed by atoms with Crippen LogP contribution in [0.1, 0.15) is 69.0 Å². The van der Waals surface area contributed by atoms with Gasteiger partial charge in [0.05, 0.1) is 18.9 Å². The lowest BCUT2D eigenvalue weighted by atomic mass is 9.87. The van der Waals surface area contributed by atoms with Gasteiger partial charge in [-0.3, -0.25) is 4.79 Å². The molecule has 2 heterocycles. The number of rotatable bonds is 10. The van der Waals surface area contributed by atoms with Crippen LogP contribution in [0.25, 0.3) is 0 Å². The van der Waals surface area contributed by atoms with Gasteiger partial charge in [-0.25, -0.2) is 9.78 Å². The Morgan fingerprint density at radius 3 is 2.35 bits per heavy atom. The number of esters is 1. The van der Waals surface area contributed by atoms with Gasteiger partial charge < -0.3 is 19.4 Å². The van der Waals surface area contributed by atoms with E-state index in [4.69, 9.17) is 9.47 Å². The van der Waals surface area contributed by atoms with Crippen molar-refractivity contribution in [2.24, 2.45) is 0 Å². The zero-order valence-electron chi connectivity index (χ0n) is 19.7. The van der Waals surface area contributed by atoms with Gasteiger partial charge in [0.1, 0.15) is 17.5 Å². The number of para-hydroxylation sites is 2. The fourth-order valence-electron chi connectivity index (χ4n) is 4.35. The van der Waals surface area contributed by atoms with Crippen LogP contribution in [0, 0.1) is 0 Å². The maximum Gasteiger partial charge on any atom is 0.329 e. The molecule has 34 heavy (non-hydrogen) atoms. The van der Waals surface area contributed by atoms with Gasteiger partial charge in [0.15, 0.2) is 5.82 Å². The van der Waals surface area contributed by atoms with Crippen molar-refractivity contribution < 1.29 is 19.1 Å². The molecule has 1 aromatic heterocycles. The van der Waals surface area contributed by atoms with Gasteiger partial charge in [0.2, 0.25) is 5.91 Å². The van der Waals surface area contributed by atoms with Crippen LogP contribution >= 0.6 is 0 Å². The van der Waals surface area contributed by atoms with Crippen molar-refractivity contribution in [2.45, 2.75) is 57.9 Å². The number of anilines is 1. The highest BCUT2D eigenvalue weighted by Gasteiger charge is 2.33. The van der Waals surface area contributed by atoms with E-state index in [9.17, 15) is 9.59 Å². The summed E-state index contributed by atoms with van der Waals surface area (Å²) in [4.78, 5) is 30.4. The van der Waals surface area contributed by atoms with Crippen molar-refractivity contribution in [3.8, 4) is 11.5 Å². The van der Waals surface area contributed by atoms with Crippen LogP contribution in [0.15, 0.2) is 61.1 Å². The van der Waals surface area contributed by atoms with Crippen LogP contribution in [0.4, 0.5) is 5.82 Å². The minimum Gasteiger partial charge on any atom is -0.464 e. The molecule has 0 saturated carbocycles. The molecule has 7 heteroatoms. The molecule has 0 saturated heterocycles. The topological polar surface area (TPSA) is 82.5 Å². The summed E-state index contributed by atoms with van der Waals surface area (Å²) < 4.78 is 13.0. The number of carbonyl (C=O) groups excluding carboxylic acids is 2. The number of imidazole rings is 1. The van der Waals surface area contributed by atoms with Crippen molar-refractivity contribution in [1.29, 1.82) is 0 Å². The van der Waals surface area contributed by atoms with Gasteiger partial charge in [-0.2, -0.15) is 0 Å². The Kier molecular flexibility index (Phi) is 7.62. The first-order valence-electron chi connectivity index (χ1n) is 12.0.